The molecule has 0 spiro atoms. The second-order valence-electron chi connectivity index (χ2n) is 3.87. The van der Waals surface area contributed by atoms with Crippen molar-refractivity contribution in [2.45, 2.75) is 25.4 Å². The molecule has 1 aromatic carbocycles. The first-order valence-electron chi connectivity index (χ1n) is 5.60. The van der Waals surface area contributed by atoms with E-state index >= 15 is 0 Å². The van der Waals surface area contributed by atoms with E-state index in [4.69, 9.17) is 5.73 Å². The van der Waals surface area contributed by atoms with E-state index in [2.05, 4.69) is 5.32 Å². The first-order valence-corrected chi connectivity index (χ1v) is 5.60. The van der Waals surface area contributed by atoms with Crippen molar-refractivity contribution < 1.29 is 18.0 Å². The third kappa shape index (κ3) is 4.75. The van der Waals surface area contributed by atoms with Crippen LogP contribution in [0.15, 0.2) is 24.3 Å². The third-order valence-corrected chi connectivity index (χ3v) is 2.35. The van der Waals surface area contributed by atoms with E-state index in [1.165, 1.54) is 12.1 Å². The molecule has 0 atom stereocenters. The van der Waals surface area contributed by atoms with Gasteiger partial charge >= 0.3 is 6.18 Å². The van der Waals surface area contributed by atoms with Crippen LogP contribution in [0, 0.1) is 0 Å². The smallest absolute Gasteiger partial charge is 0.330 e. The summed E-state index contributed by atoms with van der Waals surface area (Å²) in [5.74, 6) is -0.219. The van der Waals surface area contributed by atoms with Gasteiger partial charge in [-0.1, -0.05) is 0 Å². The van der Waals surface area contributed by atoms with Crippen molar-refractivity contribution in [3.8, 4) is 0 Å². The van der Waals surface area contributed by atoms with Crippen molar-refractivity contribution in [1.29, 1.82) is 0 Å². The molecule has 0 aliphatic rings. The van der Waals surface area contributed by atoms with Gasteiger partial charge in [0.2, 0.25) is 5.91 Å². The number of carbonyl (C=O) groups is 1. The topological polar surface area (TPSA) is 55.1 Å². The number of benzene rings is 1. The Kier molecular flexibility index (Phi) is 5.15. The quantitative estimate of drug-likeness (QED) is 0.800. The second-order valence-corrected chi connectivity index (χ2v) is 3.87. The zero-order chi connectivity index (χ0) is 13.6. The van der Waals surface area contributed by atoms with Crippen LogP contribution in [-0.4, -0.2) is 12.5 Å². The zero-order valence-electron chi connectivity index (χ0n) is 9.76. The third-order valence-electron chi connectivity index (χ3n) is 2.35. The molecule has 0 fully saturated rings. The fourth-order valence-electron chi connectivity index (χ4n) is 1.40. The van der Waals surface area contributed by atoms with Gasteiger partial charge in [-0.2, -0.15) is 13.2 Å². The molecule has 0 unspecified atom stereocenters. The van der Waals surface area contributed by atoms with Gasteiger partial charge in [-0.15, -0.1) is 0 Å². The molecule has 1 aromatic rings. The van der Waals surface area contributed by atoms with Gasteiger partial charge in [0.05, 0.1) is 5.56 Å². The van der Waals surface area contributed by atoms with Gasteiger partial charge in [0.15, 0.2) is 0 Å². The number of unbranched alkanes of at least 4 members (excludes halogenated alkanes) is 1. The number of alkyl halides is 3. The maximum Gasteiger partial charge on any atom is 0.416 e. The number of carbonyl (C=O) groups excluding carboxylic acids is 1. The van der Waals surface area contributed by atoms with Gasteiger partial charge in [-0.25, -0.2) is 0 Å². The molecule has 6 heteroatoms. The van der Waals surface area contributed by atoms with Gasteiger partial charge in [0.1, 0.15) is 0 Å². The Bertz CT molecular complexity index is 387. The van der Waals surface area contributed by atoms with Crippen molar-refractivity contribution in [2.75, 3.05) is 11.9 Å². The summed E-state index contributed by atoms with van der Waals surface area (Å²) >= 11 is 0. The minimum absolute atomic E-state index is 0.219. The molecule has 18 heavy (non-hydrogen) atoms. The Morgan fingerprint density at radius 2 is 1.78 bits per heavy atom. The van der Waals surface area contributed by atoms with Gasteiger partial charge < -0.3 is 11.1 Å². The molecule has 0 heterocycles. The Morgan fingerprint density at radius 3 is 2.28 bits per heavy atom. The highest BCUT2D eigenvalue weighted by Gasteiger charge is 2.29. The predicted molar refractivity (Wildman–Crippen MR) is 63.0 cm³/mol. The average molecular weight is 260 g/mol. The number of nitrogens with two attached hydrogens (primary N) is 1. The maximum atomic E-state index is 12.3. The van der Waals surface area contributed by atoms with Crippen molar-refractivity contribution in [3.05, 3.63) is 29.8 Å². The molecule has 0 saturated heterocycles. The summed E-state index contributed by atoms with van der Waals surface area (Å²) in [5, 5.41) is 2.53. The van der Waals surface area contributed by atoms with Crippen molar-refractivity contribution in [3.63, 3.8) is 0 Å². The lowest BCUT2D eigenvalue weighted by Gasteiger charge is -2.08. The maximum absolute atomic E-state index is 12.3. The van der Waals surface area contributed by atoms with Gasteiger partial charge in [0, 0.05) is 12.1 Å². The summed E-state index contributed by atoms with van der Waals surface area (Å²) in [6, 6.07) is 4.36. The molecule has 1 rings (SSSR count). The first kappa shape index (κ1) is 14.5. The van der Waals surface area contributed by atoms with Gasteiger partial charge in [-0.3, -0.25) is 4.79 Å². The first-order chi connectivity index (χ1) is 8.43. The van der Waals surface area contributed by atoms with Crippen LogP contribution in [0.4, 0.5) is 18.9 Å². The lowest BCUT2D eigenvalue weighted by molar-refractivity contribution is -0.137. The highest BCUT2D eigenvalue weighted by Crippen LogP contribution is 2.29. The molecule has 0 aliphatic heterocycles. The largest absolute Gasteiger partial charge is 0.416 e. The second kappa shape index (κ2) is 6.39. The van der Waals surface area contributed by atoms with Crippen molar-refractivity contribution in [1.82, 2.24) is 0 Å². The summed E-state index contributed by atoms with van der Waals surface area (Å²) in [7, 11) is 0. The molecule has 1 amide bonds. The lowest BCUT2D eigenvalue weighted by Crippen LogP contribution is -2.12. The number of halogens is 3. The van der Waals surface area contributed by atoms with Crippen LogP contribution in [0.3, 0.4) is 0 Å². The SMILES string of the molecule is NCCCCC(=O)Nc1ccc(C(F)(F)F)cc1. The van der Waals surface area contributed by atoms with Gasteiger partial charge in [0.25, 0.3) is 0 Å². The molecule has 0 aliphatic carbocycles. The van der Waals surface area contributed by atoms with Crippen LogP contribution < -0.4 is 11.1 Å². The monoisotopic (exact) mass is 260 g/mol. The van der Waals surface area contributed by atoms with Crippen LogP contribution in [0.25, 0.3) is 0 Å². The summed E-state index contributed by atoms with van der Waals surface area (Å²) in [6.07, 6.45) is -2.62. The van der Waals surface area contributed by atoms with Crippen LogP contribution in [0.2, 0.25) is 0 Å². The van der Waals surface area contributed by atoms with Crippen LogP contribution in [0.1, 0.15) is 24.8 Å². The minimum atomic E-state index is -4.36. The van der Waals surface area contributed by atoms with Gasteiger partial charge in [-0.05, 0) is 43.7 Å². The van der Waals surface area contributed by atoms with E-state index in [0.29, 0.717) is 25.1 Å². The van der Waals surface area contributed by atoms with Crippen LogP contribution in [-0.2, 0) is 11.0 Å². The fraction of sp³-hybridized carbons (Fsp3) is 0.417. The lowest BCUT2D eigenvalue weighted by atomic mass is 10.2. The van der Waals surface area contributed by atoms with E-state index in [1.54, 1.807) is 0 Å². The number of rotatable bonds is 5. The number of nitrogens with one attached hydrogen (secondary N) is 1. The molecular formula is C12H15F3N2O. The molecule has 3 nitrogen and oxygen atoms in total. The van der Waals surface area contributed by atoms with E-state index in [0.717, 1.165) is 18.6 Å². The molecule has 0 radical (unpaired) electrons. The normalized spacial score (nSPS) is 11.3. The van der Waals surface area contributed by atoms with Crippen LogP contribution >= 0.6 is 0 Å². The predicted octanol–water partition coefficient (Wildman–Crippen LogP) is 2.77. The minimum Gasteiger partial charge on any atom is -0.330 e. The summed E-state index contributed by atoms with van der Waals surface area (Å²) in [6.45, 7) is 0.521. The molecule has 0 saturated carbocycles. The highest BCUT2D eigenvalue weighted by atomic mass is 19.4. The Hall–Kier alpha value is -1.56. The number of anilines is 1. The fourth-order valence-corrected chi connectivity index (χ4v) is 1.40. The summed E-state index contributed by atoms with van der Waals surface area (Å²) < 4.78 is 36.9. The molecular weight excluding hydrogens is 245 g/mol. The molecule has 100 valence electrons. The summed E-state index contributed by atoms with van der Waals surface area (Å²) in [4.78, 5) is 11.4. The zero-order valence-corrected chi connectivity index (χ0v) is 9.76. The molecule has 0 aromatic heterocycles. The van der Waals surface area contributed by atoms with E-state index in [9.17, 15) is 18.0 Å². The van der Waals surface area contributed by atoms with Crippen molar-refractivity contribution >= 4 is 11.6 Å². The molecule has 3 N–H and O–H groups in total. The van der Waals surface area contributed by atoms with E-state index in [1.807, 2.05) is 0 Å². The number of amides is 1. The van der Waals surface area contributed by atoms with Crippen molar-refractivity contribution in [2.24, 2.45) is 5.73 Å². The number of hydrogen-bond acceptors (Lipinski definition) is 2. The number of hydrogen-bond donors (Lipinski definition) is 2. The van der Waals surface area contributed by atoms with E-state index in [-0.39, 0.29) is 5.91 Å². The Labute approximate surface area is 103 Å². The standard InChI is InChI=1S/C12H15F3N2O/c13-12(14,15)9-4-6-10(7-5-9)17-11(18)3-1-2-8-16/h4-7H,1-3,8,16H2,(H,17,18). The Morgan fingerprint density at radius 1 is 1.17 bits per heavy atom. The molecule has 0 bridgehead atoms. The summed E-state index contributed by atoms with van der Waals surface area (Å²) in [5.41, 5.74) is 4.92. The Balaban J connectivity index is 2.51. The average Bonchev–Trinajstić information content (AvgIpc) is 2.29. The van der Waals surface area contributed by atoms with Crippen LogP contribution in [0.5, 0.6) is 0 Å². The highest BCUT2D eigenvalue weighted by molar-refractivity contribution is 5.90. The van der Waals surface area contributed by atoms with E-state index < -0.39 is 11.7 Å².